The molecule has 3 heteroatoms. The molecular formula is C2H4Cl2N+. The van der Waals surface area contributed by atoms with E-state index in [1.54, 1.807) is 0 Å². The van der Waals surface area contributed by atoms with Crippen LogP contribution in [0.4, 0.5) is 0 Å². The molecular weight excluding hydrogens is 109 g/mol. The van der Waals surface area contributed by atoms with Gasteiger partial charge in [0.2, 0.25) is 0 Å². The Bertz CT molecular complexity index is 45.6. The standard InChI is InChI=1S/C2H4Cl2N/c3-5(4)1-2-5/h1-2H2/q+1. The predicted molar refractivity (Wildman–Crippen MR) is 21.7 cm³/mol. The van der Waals surface area contributed by atoms with Crippen molar-refractivity contribution >= 4 is 23.6 Å². The number of nitrogens with zero attached hydrogens (tertiary/aromatic N) is 1. The molecule has 0 aromatic rings. The molecule has 0 atom stereocenters. The van der Waals surface area contributed by atoms with Crippen molar-refractivity contribution in [3.63, 3.8) is 0 Å². The molecule has 0 aromatic heterocycles. The van der Waals surface area contributed by atoms with Crippen LogP contribution >= 0.6 is 23.6 Å². The molecule has 1 aliphatic heterocycles. The number of rotatable bonds is 0. The van der Waals surface area contributed by atoms with Crippen LogP contribution in [0.5, 0.6) is 0 Å². The first kappa shape index (κ1) is 3.72. The Morgan fingerprint density at radius 1 is 1.20 bits per heavy atom. The summed E-state index contributed by atoms with van der Waals surface area (Å²) < 4.78 is 0.194. The summed E-state index contributed by atoms with van der Waals surface area (Å²) in [5, 5.41) is 0. The molecule has 1 nitrogen and oxygen atoms in total. The molecule has 1 fully saturated rings. The lowest BCUT2D eigenvalue weighted by Crippen LogP contribution is -1.87. The predicted octanol–water partition coefficient (Wildman–Crippen LogP) is 1.12. The minimum absolute atomic E-state index is 0.194. The molecule has 30 valence electrons. The normalized spacial score (nSPS) is 30.0. The van der Waals surface area contributed by atoms with Crippen molar-refractivity contribution in [1.82, 2.24) is 0 Å². The van der Waals surface area contributed by atoms with Crippen molar-refractivity contribution in [1.29, 1.82) is 0 Å². The summed E-state index contributed by atoms with van der Waals surface area (Å²) in [6.45, 7) is 1.84. The minimum atomic E-state index is 0.194. The van der Waals surface area contributed by atoms with Crippen LogP contribution < -0.4 is 0 Å². The first-order valence-corrected chi connectivity index (χ1v) is 2.15. The van der Waals surface area contributed by atoms with Gasteiger partial charge in [-0.2, -0.15) is 0 Å². The van der Waals surface area contributed by atoms with Gasteiger partial charge in [0, 0.05) is 0 Å². The SMILES string of the molecule is Cl[N+]1(Cl)CC1. The van der Waals surface area contributed by atoms with E-state index < -0.39 is 0 Å². The monoisotopic (exact) mass is 112 g/mol. The van der Waals surface area contributed by atoms with E-state index in [4.69, 9.17) is 23.6 Å². The van der Waals surface area contributed by atoms with Gasteiger partial charge in [0.15, 0.2) is 36.6 Å². The van der Waals surface area contributed by atoms with Crippen LogP contribution in [0.2, 0.25) is 0 Å². The third-order valence-corrected chi connectivity index (χ3v) is 1.24. The highest BCUT2D eigenvalue weighted by molar-refractivity contribution is 6.24. The second-order valence-corrected chi connectivity index (χ2v) is 2.68. The van der Waals surface area contributed by atoms with E-state index in [1.807, 2.05) is 0 Å². The number of quaternary nitrogens is 1. The van der Waals surface area contributed by atoms with Crippen molar-refractivity contribution in [3.05, 3.63) is 0 Å². The number of hydrogen-bond acceptors (Lipinski definition) is 0. The van der Waals surface area contributed by atoms with Gasteiger partial charge in [0.05, 0.1) is 0 Å². The van der Waals surface area contributed by atoms with Gasteiger partial charge in [-0.25, -0.2) is 0 Å². The summed E-state index contributed by atoms with van der Waals surface area (Å²) in [6.07, 6.45) is 0. The second kappa shape index (κ2) is 0.780. The summed E-state index contributed by atoms with van der Waals surface area (Å²) in [5.74, 6) is 0. The van der Waals surface area contributed by atoms with Gasteiger partial charge in [-0.15, -0.1) is 3.52 Å². The lowest BCUT2D eigenvalue weighted by atomic mass is 11.0. The summed E-state index contributed by atoms with van der Waals surface area (Å²) in [4.78, 5) is 0. The van der Waals surface area contributed by atoms with E-state index in [1.165, 1.54) is 0 Å². The van der Waals surface area contributed by atoms with Crippen molar-refractivity contribution in [2.24, 2.45) is 0 Å². The molecule has 0 radical (unpaired) electrons. The molecule has 0 amide bonds. The maximum atomic E-state index is 5.34. The topological polar surface area (TPSA) is 0 Å². The molecule has 0 unspecified atom stereocenters. The van der Waals surface area contributed by atoms with E-state index in [0.29, 0.717) is 0 Å². The number of hydrogen-bond donors (Lipinski definition) is 0. The molecule has 0 bridgehead atoms. The summed E-state index contributed by atoms with van der Waals surface area (Å²) in [5.41, 5.74) is 0. The third kappa shape index (κ3) is 0.954. The Labute approximate surface area is 40.9 Å². The molecule has 0 aliphatic carbocycles. The zero-order valence-corrected chi connectivity index (χ0v) is 4.13. The summed E-state index contributed by atoms with van der Waals surface area (Å²) >= 11 is 10.7. The highest BCUT2D eigenvalue weighted by atomic mass is 35.5. The van der Waals surface area contributed by atoms with Gasteiger partial charge in [-0.1, -0.05) is 0 Å². The van der Waals surface area contributed by atoms with E-state index >= 15 is 0 Å². The van der Waals surface area contributed by atoms with Crippen LogP contribution in [0.15, 0.2) is 0 Å². The Morgan fingerprint density at radius 2 is 1.40 bits per heavy atom. The van der Waals surface area contributed by atoms with Gasteiger partial charge in [-0.3, -0.25) is 0 Å². The Kier molecular flexibility index (Phi) is 0.580. The van der Waals surface area contributed by atoms with Gasteiger partial charge < -0.3 is 0 Å². The van der Waals surface area contributed by atoms with Crippen LogP contribution in [-0.4, -0.2) is 16.6 Å². The summed E-state index contributed by atoms with van der Waals surface area (Å²) in [6, 6.07) is 0. The number of halogens is 2. The van der Waals surface area contributed by atoms with Crippen LogP contribution in [0.25, 0.3) is 0 Å². The zero-order valence-electron chi connectivity index (χ0n) is 2.62. The average Bonchev–Trinajstić information content (AvgIpc) is 1.76. The molecule has 1 saturated heterocycles. The first-order chi connectivity index (χ1) is 2.21. The lowest BCUT2D eigenvalue weighted by molar-refractivity contribution is -0.521. The highest BCUT2D eigenvalue weighted by Crippen LogP contribution is 2.28. The van der Waals surface area contributed by atoms with E-state index in [9.17, 15) is 0 Å². The first-order valence-electron chi connectivity index (χ1n) is 1.47. The quantitative estimate of drug-likeness (QED) is 0.326. The molecule has 1 heterocycles. The van der Waals surface area contributed by atoms with E-state index in [0.717, 1.165) is 13.1 Å². The smallest absolute Gasteiger partial charge is 0.113 e. The molecule has 0 saturated carbocycles. The molecule has 1 rings (SSSR count). The van der Waals surface area contributed by atoms with Gasteiger partial charge in [0.1, 0.15) is 0 Å². The highest BCUT2D eigenvalue weighted by Gasteiger charge is 2.41. The third-order valence-electron chi connectivity index (χ3n) is 0.562. The Morgan fingerprint density at radius 3 is 1.40 bits per heavy atom. The fraction of sp³-hybridized carbons (Fsp3) is 1.00. The maximum absolute atomic E-state index is 5.34. The maximum Gasteiger partial charge on any atom is 0.187 e. The average molecular weight is 113 g/mol. The van der Waals surface area contributed by atoms with Crippen LogP contribution in [0.1, 0.15) is 0 Å². The van der Waals surface area contributed by atoms with Gasteiger partial charge >= 0.3 is 0 Å². The van der Waals surface area contributed by atoms with Crippen molar-refractivity contribution in [2.45, 2.75) is 0 Å². The Hall–Kier alpha value is 0.540. The lowest BCUT2D eigenvalue weighted by Gasteiger charge is -1.80. The van der Waals surface area contributed by atoms with E-state index in [2.05, 4.69) is 0 Å². The second-order valence-electron chi connectivity index (χ2n) is 1.21. The van der Waals surface area contributed by atoms with Crippen LogP contribution in [-0.2, 0) is 0 Å². The van der Waals surface area contributed by atoms with Crippen molar-refractivity contribution in [2.75, 3.05) is 13.1 Å². The minimum Gasteiger partial charge on any atom is -0.113 e. The summed E-state index contributed by atoms with van der Waals surface area (Å²) in [7, 11) is 0. The van der Waals surface area contributed by atoms with Gasteiger partial charge in [-0.05, 0) is 0 Å². The van der Waals surface area contributed by atoms with Crippen LogP contribution in [0.3, 0.4) is 0 Å². The van der Waals surface area contributed by atoms with Crippen LogP contribution in [0, 0.1) is 0 Å². The van der Waals surface area contributed by atoms with Crippen molar-refractivity contribution in [3.8, 4) is 0 Å². The van der Waals surface area contributed by atoms with Crippen molar-refractivity contribution < 1.29 is 3.52 Å². The molecule has 0 N–H and O–H groups in total. The largest absolute Gasteiger partial charge is 0.187 e. The zero-order chi connectivity index (χ0) is 3.91. The fourth-order valence-corrected chi connectivity index (χ4v) is 0.227. The fourth-order valence-electron chi connectivity index (χ4n) is 0.0756. The molecule has 5 heavy (non-hydrogen) atoms. The molecule has 1 aliphatic rings. The molecule has 0 spiro atoms. The molecule has 0 aromatic carbocycles. The Balaban J connectivity index is 2.38. The van der Waals surface area contributed by atoms with E-state index in [-0.39, 0.29) is 3.52 Å². The van der Waals surface area contributed by atoms with Gasteiger partial charge in [0.25, 0.3) is 0 Å².